The zero-order valence-electron chi connectivity index (χ0n) is 18.4. The molecule has 0 radical (unpaired) electrons. The Balaban J connectivity index is 1.57. The number of hydrogen-bond donors (Lipinski definition) is 1. The van der Waals surface area contributed by atoms with E-state index in [4.69, 9.17) is 37.4 Å². The molecule has 1 fully saturated rings. The Bertz CT molecular complexity index is 1130. The lowest BCUT2D eigenvalue weighted by atomic mass is 10.2. The van der Waals surface area contributed by atoms with Gasteiger partial charge in [-0.25, -0.2) is 14.4 Å². The fourth-order valence-corrected chi connectivity index (χ4v) is 4.13. The van der Waals surface area contributed by atoms with E-state index in [2.05, 4.69) is 20.2 Å². The first kappa shape index (κ1) is 23.8. The van der Waals surface area contributed by atoms with Crippen LogP contribution in [0.2, 0.25) is 10.0 Å². The molecule has 0 aliphatic carbocycles. The summed E-state index contributed by atoms with van der Waals surface area (Å²) < 4.78 is 31.7. The van der Waals surface area contributed by atoms with E-state index in [1.54, 1.807) is 26.4 Å². The third-order valence-corrected chi connectivity index (χ3v) is 6.41. The summed E-state index contributed by atoms with van der Waals surface area (Å²) in [7, 11) is 3.25. The van der Waals surface area contributed by atoms with Gasteiger partial charge in [0.05, 0.1) is 28.4 Å². The summed E-state index contributed by atoms with van der Waals surface area (Å²) in [5.41, 5.74) is 0.755. The molecule has 3 aromatic rings. The number of fused-ring (bicyclic) bond motifs is 1. The van der Waals surface area contributed by atoms with Gasteiger partial charge in [0.25, 0.3) is 0 Å². The third-order valence-electron chi connectivity index (χ3n) is 5.63. The van der Waals surface area contributed by atoms with E-state index >= 15 is 0 Å². The van der Waals surface area contributed by atoms with Gasteiger partial charge in [0, 0.05) is 25.1 Å². The second-order valence-electron chi connectivity index (χ2n) is 7.77. The lowest BCUT2D eigenvalue weighted by Crippen LogP contribution is -2.35. The van der Waals surface area contributed by atoms with Crippen LogP contribution in [-0.2, 0) is 4.74 Å². The molecule has 7 nitrogen and oxygen atoms in total. The number of halogens is 3. The number of hydrogen-bond acceptors (Lipinski definition) is 7. The highest BCUT2D eigenvalue weighted by atomic mass is 35.5. The first-order valence-electron chi connectivity index (χ1n) is 10.6. The number of nitrogens with zero attached hydrogens (tertiary/aromatic N) is 3. The van der Waals surface area contributed by atoms with Gasteiger partial charge in [-0.2, -0.15) is 0 Å². The van der Waals surface area contributed by atoms with Crippen molar-refractivity contribution in [2.45, 2.75) is 18.9 Å². The van der Waals surface area contributed by atoms with E-state index in [9.17, 15) is 4.39 Å². The molecule has 0 bridgehead atoms. The summed E-state index contributed by atoms with van der Waals surface area (Å²) in [6, 6.07) is 6.54. The lowest BCUT2D eigenvalue weighted by molar-refractivity contribution is 0.0339. The Hall–Kier alpha value is -2.39. The number of benzene rings is 2. The van der Waals surface area contributed by atoms with E-state index in [1.807, 2.05) is 0 Å². The van der Waals surface area contributed by atoms with Gasteiger partial charge in [0.15, 0.2) is 17.3 Å². The largest absolute Gasteiger partial charge is 0.493 e. The minimum atomic E-state index is -0.661. The van der Waals surface area contributed by atoms with Crippen molar-refractivity contribution in [3.8, 4) is 11.5 Å². The smallest absolute Gasteiger partial charge is 0.166 e. The minimum absolute atomic E-state index is 0.0660. The maximum atomic E-state index is 14.5. The second kappa shape index (κ2) is 10.7. The number of likely N-dealkylation sites (tertiary alicyclic amines) is 1. The van der Waals surface area contributed by atoms with Crippen LogP contribution < -0.4 is 14.8 Å². The van der Waals surface area contributed by atoms with Crippen LogP contribution in [0.3, 0.4) is 0 Å². The molecule has 0 spiro atoms. The van der Waals surface area contributed by atoms with Crippen molar-refractivity contribution in [2.24, 2.45) is 0 Å². The van der Waals surface area contributed by atoms with Crippen molar-refractivity contribution in [1.29, 1.82) is 0 Å². The van der Waals surface area contributed by atoms with Gasteiger partial charge in [-0.05, 0) is 44.1 Å². The molecule has 1 aliphatic heterocycles. The Morgan fingerprint density at radius 3 is 2.64 bits per heavy atom. The van der Waals surface area contributed by atoms with Gasteiger partial charge in [-0.1, -0.05) is 23.2 Å². The molecular formula is C23H25Cl2FN4O3. The molecule has 2 heterocycles. The van der Waals surface area contributed by atoms with Crippen LogP contribution in [-0.4, -0.2) is 61.4 Å². The molecule has 10 heteroatoms. The molecular weight excluding hydrogens is 470 g/mol. The van der Waals surface area contributed by atoms with E-state index in [0.717, 1.165) is 19.6 Å². The number of anilines is 2. The molecule has 1 N–H and O–H groups in total. The molecule has 176 valence electrons. The molecule has 0 amide bonds. The summed E-state index contributed by atoms with van der Waals surface area (Å²) in [4.78, 5) is 11.0. The summed E-state index contributed by atoms with van der Waals surface area (Å²) in [6.45, 7) is 3.37. The van der Waals surface area contributed by atoms with Crippen LogP contribution in [0.25, 0.3) is 10.9 Å². The number of nitrogens with one attached hydrogen (secondary N) is 1. The predicted molar refractivity (Wildman–Crippen MR) is 128 cm³/mol. The van der Waals surface area contributed by atoms with Crippen molar-refractivity contribution in [3.05, 3.63) is 46.5 Å². The first-order chi connectivity index (χ1) is 16.0. The molecule has 2 aromatic carbocycles. The van der Waals surface area contributed by atoms with Crippen molar-refractivity contribution < 1.29 is 18.6 Å². The van der Waals surface area contributed by atoms with Crippen molar-refractivity contribution in [2.75, 3.05) is 45.8 Å². The summed E-state index contributed by atoms with van der Waals surface area (Å²) >= 11 is 11.8. The van der Waals surface area contributed by atoms with Crippen LogP contribution in [0, 0.1) is 5.82 Å². The highest BCUT2D eigenvalue weighted by Crippen LogP contribution is 2.36. The number of rotatable bonds is 9. The van der Waals surface area contributed by atoms with Gasteiger partial charge < -0.3 is 24.4 Å². The first-order valence-corrected chi connectivity index (χ1v) is 11.4. The fourth-order valence-electron chi connectivity index (χ4n) is 3.82. The second-order valence-corrected chi connectivity index (χ2v) is 8.55. The molecule has 0 saturated carbocycles. The topological polar surface area (TPSA) is 68.7 Å². The summed E-state index contributed by atoms with van der Waals surface area (Å²) in [5, 5.41) is 3.57. The molecule has 4 rings (SSSR count). The normalized spacial score (nSPS) is 15.1. The maximum Gasteiger partial charge on any atom is 0.166 e. The Morgan fingerprint density at radius 1 is 1.12 bits per heavy atom. The van der Waals surface area contributed by atoms with Crippen LogP contribution in [0.5, 0.6) is 11.5 Å². The third kappa shape index (κ3) is 5.41. The fraction of sp³-hybridized carbons (Fsp3) is 0.391. The van der Waals surface area contributed by atoms with Gasteiger partial charge >= 0.3 is 0 Å². The summed E-state index contributed by atoms with van der Waals surface area (Å²) in [6.07, 6.45) is 3.77. The standard InChI is InChI=1S/C23H25Cl2FN4O3/c1-31-14(11-30-7-3-4-8-30)12-33-20-10-18-15(9-19(20)32-2)23(28-13-27-18)29-17-6-5-16(24)21(25)22(17)26/h5-6,9-10,13-14H,3-4,7-8,11-12H2,1-2H3,(H,27,28,29). The van der Waals surface area contributed by atoms with Crippen molar-refractivity contribution >= 4 is 45.6 Å². The SMILES string of the molecule is COc1cc2c(Nc3ccc(Cl)c(Cl)c3F)ncnc2cc1OCC(CN1CCCC1)OC. The number of ether oxygens (including phenoxy) is 3. The average Bonchev–Trinajstić information content (AvgIpc) is 3.34. The minimum Gasteiger partial charge on any atom is -0.493 e. The monoisotopic (exact) mass is 494 g/mol. The molecule has 1 unspecified atom stereocenters. The van der Waals surface area contributed by atoms with Crippen LogP contribution in [0.1, 0.15) is 12.8 Å². The van der Waals surface area contributed by atoms with E-state index in [1.165, 1.54) is 31.3 Å². The molecule has 33 heavy (non-hydrogen) atoms. The lowest BCUT2D eigenvalue weighted by Gasteiger charge is -2.23. The van der Waals surface area contributed by atoms with Crippen LogP contribution in [0.4, 0.5) is 15.9 Å². The highest BCUT2D eigenvalue weighted by molar-refractivity contribution is 6.42. The van der Waals surface area contributed by atoms with Crippen molar-refractivity contribution in [1.82, 2.24) is 14.9 Å². The van der Waals surface area contributed by atoms with Crippen molar-refractivity contribution in [3.63, 3.8) is 0 Å². The summed E-state index contributed by atoms with van der Waals surface area (Å²) in [5.74, 6) is 0.780. The molecule has 1 aliphatic rings. The van der Waals surface area contributed by atoms with Gasteiger partial charge in [-0.15, -0.1) is 0 Å². The van der Waals surface area contributed by atoms with E-state index in [-0.39, 0.29) is 21.8 Å². The van der Waals surface area contributed by atoms with E-state index in [0.29, 0.717) is 34.8 Å². The van der Waals surface area contributed by atoms with Gasteiger partial charge in [-0.3, -0.25) is 0 Å². The number of methoxy groups -OCH3 is 2. The molecule has 1 atom stereocenters. The highest BCUT2D eigenvalue weighted by Gasteiger charge is 2.20. The number of aromatic nitrogens is 2. The van der Waals surface area contributed by atoms with Crippen LogP contribution >= 0.6 is 23.2 Å². The quantitative estimate of drug-likeness (QED) is 0.403. The molecule has 1 saturated heterocycles. The Kier molecular flexibility index (Phi) is 7.70. The maximum absolute atomic E-state index is 14.5. The van der Waals surface area contributed by atoms with Gasteiger partial charge in [0.2, 0.25) is 0 Å². The molecule has 1 aromatic heterocycles. The zero-order chi connectivity index (χ0) is 23.4. The Labute approximate surface area is 201 Å². The predicted octanol–water partition coefficient (Wildman–Crippen LogP) is 5.32. The van der Waals surface area contributed by atoms with E-state index < -0.39 is 5.82 Å². The Morgan fingerprint density at radius 2 is 1.91 bits per heavy atom. The average molecular weight is 495 g/mol. The zero-order valence-corrected chi connectivity index (χ0v) is 19.9. The van der Waals surface area contributed by atoms with Crippen LogP contribution in [0.15, 0.2) is 30.6 Å². The van der Waals surface area contributed by atoms with Gasteiger partial charge in [0.1, 0.15) is 24.9 Å².